The highest BCUT2D eigenvalue weighted by Crippen LogP contribution is 2.44. The second-order valence-corrected chi connectivity index (χ2v) is 9.28. The summed E-state index contributed by atoms with van der Waals surface area (Å²) in [4.78, 5) is 38.4. The first kappa shape index (κ1) is 22.2. The zero-order valence-electron chi connectivity index (χ0n) is 18.9. The molecule has 2 aliphatic carbocycles. The summed E-state index contributed by atoms with van der Waals surface area (Å²) in [7, 11) is 0. The van der Waals surface area contributed by atoms with Crippen molar-refractivity contribution in [3.05, 3.63) is 71.8 Å². The summed E-state index contributed by atoms with van der Waals surface area (Å²) in [5.74, 6) is -1.65. The molecule has 1 fully saturated rings. The van der Waals surface area contributed by atoms with Crippen LogP contribution >= 0.6 is 0 Å². The van der Waals surface area contributed by atoms with Gasteiger partial charge in [-0.3, -0.25) is 9.59 Å². The number of allylic oxidation sites excluding steroid dienone is 1. The lowest BCUT2D eigenvalue weighted by atomic mass is 9.90. The third-order valence-electron chi connectivity index (χ3n) is 7.17. The molecule has 1 unspecified atom stereocenters. The number of hydrogen-bond acceptors (Lipinski definition) is 4. The average molecular weight is 461 g/mol. The molecule has 2 aromatic carbocycles. The van der Waals surface area contributed by atoms with E-state index in [2.05, 4.69) is 29.6 Å². The first-order valence-electron chi connectivity index (χ1n) is 11.8. The van der Waals surface area contributed by atoms with E-state index in [1.54, 1.807) is 4.90 Å². The van der Waals surface area contributed by atoms with E-state index in [9.17, 15) is 19.5 Å². The number of nitrogens with one attached hydrogen (secondary N) is 1. The number of amides is 2. The van der Waals surface area contributed by atoms with Crippen LogP contribution in [0.25, 0.3) is 11.1 Å². The number of rotatable bonds is 5. The molecular weight excluding hydrogens is 432 g/mol. The number of carbonyl (C=O) groups excluding carboxylic acids is 2. The van der Waals surface area contributed by atoms with Gasteiger partial charge in [0, 0.05) is 24.9 Å². The first-order chi connectivity index (χ1) is 16.5. The van der Waals surface area contributed by atoms with Crippen molar-refractivity contribution in [2.75, 3.05) is 19.7 Å². The van der Waals surface area contributed by atoms with Gasteiger partial charge in [-0.05, 0) is 41.5 Å². The second-order valence-electron chi connectivity index (χ2n) is 9.28. The summed E-state index contributed by atoms with van der Waals surface area (Å²) in [6, 6.07) is 16.1. The lowest BCUT2D eigenvalue weighted by Crippen LogP contribution is -2.42. The normalized spacial score (nSPS) is 23.3. The maximum Gasteiger partial charge on any atom is 0.407 e. The Morgan fingerprint density at radius 2 is 1.68 bits per heavy atom. The van der Waals surface area contributed by atoms with E-state index in [0.29, 0.717) is 25.8 Å². The molecule has 34 heavy (non-hydrogen) atoms. The van der Waals surface area contributed by atoms with Crippen LogP contribution in [0.15, 0.2) is 60.7 Å². The third kappa shape index (κ3) is 4.30. The number of fused-ring (bicyclic) bond motifs is 3. The topological polar surface area (TPSA) is 95.9 Å². The number of benzene rings is 2. The standard InChI is InChI=1S/C27H28N2O5/c30-25(29-13-12-18(15-29)26(31)32)17-6-5-7-19(14-17)28-27(33)34-16-24-22-10-3-1-8-20(22)21-9-2-4-11-23(21)24/h1-5,7-11,17-19,24H,6,12-16H2,(H,28,33)(H,31,32)/t17-,18?,19-/m1/s1. The minimum absolute atomic E-state index is 0.00766. The molecule has 0 bridgehead atoms. The Kier molecular flexibility index (Phi) is 6.09. The average Bonchev–Trinajstić information content (AvgIpc) is 3.46. The monoisotopic (exact) mass is 460 g/mol. The van der Waals surface area contributed by atoms with E-state index in [-0.39, 0.29) is 36.9 Å². The molecule has 7 nitrogen and oxygen atoms in total. The molecule has 0 aromatic heterocycles. The number of ether oxygens (including phenoxy) is 1. The van der Waals surface area contributed by atoms with Crippen LogP contribution in [-0.4, -0.2) is 53.7 Å². The fraction of sp³-hybridized carbons (Fsp3) is 0.370. The predicted octanol–water partition coefficient (Wildman–Crippen LogP) is 3.79. The first-order valence-corrected chi connectivity index (χ1v) is 11.8. The summed E-state index contributed by atoms with van der Waals surface area (Å²) in [6.45, 7) is 0.975. The molecule has 7 heteroatoms. The Bertz CT molecular complexity index is 1100. The predicted molar refractivity (Wildman–Crippen MR) is 126 cm³/mol. The molecule has 1 aliphatic heterocycles. The lowest BCUT2D eigenvalue weighted by Gasteiger charge is -2.28. The number of carbonyl (C=O) groups is 3. The molecule has 2 aromatic rings. The number of carboxylic acids is 1. The minimum Gasteiger partial charge on any atom is -0.481 e. The van der Waals surface area contributed by atoms with Crippen LogP contribution in [0.1, 0.15) is 36.3 Å². The maximum absolute atomic E-state index is 12.9. The van der Waals surface area contributed by atoms with Crippen LogP contribution in [0.2, 0.25) is 0 Å². The Hall–Kier alpha value is -3.61. The van der Waals surface area contributed by atoms with Crippen LogP contribution in [0.5, 0.6) is 0 Å². The molecule has 2 amide bonds. The minimum atomic E-state index is -0.853. The third-order valence-corrected chi connectivity index (χ3v) is 7.17. The highest BCUT2D eigenvalue weighted by molar-refractivity contribution is 5.81. The van der Waals surface area contributed by atoms with Crippen molar-refractivity contribution >= 4 is 18.0 Å². The van der Waals surface area contributed by atoms with Crippen LogP contribution < -0.4 is 5.32 Å². The van der Waals surface area contributed by atoms with Gasteiger partial charge < -0.3 is 20.1 Å². The number of alkyl carbamates (subject to hydrolysis) is 1. The highest BCUT2D eigenvalue weighted by atomic mass is 16.5. The van der Waals surface area contributed by atoms with Gasteiger partial charge in [-0.15, -0.1) is 0 Å². The smallest absolute Gasteiger partial charge is 0.407 e. The zero-order chi connectivity index (χ0) is 23.7. The molecule has 3 aliphatic rings. The summed E-state index contributed by atoms with van der Waals surface area (Å²) < 4.78 is 5.63. The van der Waals surface area contributed by atoms with Crippen LogP contribution in [0.4, 0.5) is 4.79 Å². The Morgan fingerprint density at radius 3 is 2.32 bits per heavy atom. The van der Waals surface area contributed by atoms with Gasteiger partial charge >= 0.3 is 12.1 Å². The van der Waals surface area contributed by atoms with Crippen molar-refractivity contribution < 1.29 is 24.2 Å². The van der Waals surface area contributed by atoms with Gasteiger partial charge in [0.2, 0.25) is 5.91 Å². The van der Waals surface area contributed by atoms with E-state index < -0.39 is 18.0 Å². The van der Waals surface area contributed by atoms with Crippen molar-refractivity contribution in [1.29, 1.82) is 0 Å². The zero-order valence-corrected chi connectivity index (χ0v) is 18.9. The quantitative estimate of drug-likeness (QED) is 0.662. The van der Waals surface area contributed by atoms with Crippen molar-refractivity contribution in [3.8, 4) is 11.1 Å². The Labute approximate surface area is 198 Å². The van der Waals surface area contributed by atoms with E-state index in [0.717, 1.165) is 11.1 Å². The Balaban J connectivity index is 1.17. The summed E-state index contributed by atoms with van der Waals surface area (Å²) >= 11 is 0. The summed E-state index contributed by atoms with van der Waals surface area (Å²) in [6.07, 6.45) is 4.87. The number of hydrogen-bond donors (Lipinski definition) is 2. The molecule has 0 saturated carbocycles. The second kappa shape index (κ2) is 9.33. The number of aliphatic carboxylic acids is 1. The molecule has 3 atom stereocenters. The van der Waals surface area contributed by atoms with Gasteiger partial charge in [0.15, 0.2) is 0 Å². The van der Waals surface area contributed by atoms with Gasteiger partial charge in [-0.25, -0.2) is 4.79 Å². The summed E-state index contributed by atoms with van der Waals surface area (Å²) in [5.41, 5.74) is 4.67. The molecule has 5 rings (SSSR count). The van der Waals surface area contributed by atoms with E-state index in [1.807, 2.05) is 36.4 Å². The molecule has 2 N–H and O–H groups in total. The van der Waals surface area contributed by atoms with Gasteiger partial charge in [0.1, 0.15) is 6.61 Å². The SMILES string of the molecule is O=C(N[C@@H]1C=CC[C@@H](C(=O)N2CCC(C(=O)O)C2)C1)OCC1c2ccccc2-c2ccccc21. The van der Waals surface area contributed by atoms with E-state index >= 15 is 0 Å². The van der Waals surface area contributed by atoms with Crippen molar-refractivity contribution in [2.45, 2.75) is 31.2 Å². The largest absolute Gasteiger partial charge is 0.481 e. The van der Waals surface area contributed by atoms with Crippen LogP contribution in [-0.2, 0) is 14.3 Å². The number of likely N-dealkylation sites (tertiary alicyclic amines) is 1. The van der Waals surface area contributed by atoms with Gasteiger partial charge in [0.05, 0.1) is 12.0 Å². The molecule has 176 valence electrons. The fourth-order valence-electron chi connectivity index (χ4n) is 5.41. The van der Waals surface area contributed by atoms with E-state index in [4.69, 9.17) is 4.74 Å². The molecule has 0 radical (unpaired) electrons. The number of nitrogens with zero attached hydrogens (tertiary/aromatic N) is 1. The molecular formula is C27H28N2O5. The summed E-state index contributed by atoms with van der Waals surface area (Å²) in [5, 5.41) is 12.1. The van der Waals surface area contributed by atoms with Crippen LogP contribution in [0.3, 0.4) is 0 Å². The number of carboxylic acid groups (broad SMARTS) is 1. The highest BCUT2D eigenvalue weighted by Gasteiger charge is 2.35. The Morgan fingerprint density at radius 1 is 1.00 bits per heavy atom. The van der Waals surface area contributed by atoms with Crippen molar-refractivity contribution in [2.24, 2.45) is 11.8 Å². The van der Waals surface area contributed by atoms with Gasteiger partial charge in [-0.1, -0.05) is 60.7 Å². The molecule has 1 saturated heterocycles. The van der Waals surface area contributed by atoms with Gasteiger partial charge in [0.25, 0.3) is 0 Å². The fourth-order valence-corrected chi connectivity index (χ4v) is 5.41. The lowest BCUT2D eigenvalue weighted by molar-refractivity contribution is -0.141. The maximum atomic E-state index is 12.9. The molecule has 1 heterocycles. The van der Waals surface area contributed by atoms with Crippen molar-refractivity contribution in [3.63, 3.8) is 0 Å². The van der Waals surface area contributed by atoms with Crippen molar-refractivity contribution in [1.82, 2.24) is 10.2 Å². The van der Waals surface area contributed by atoms with Gasteiger partial charge in [-0.2, -0.15) is 0 Å². The molecule has 0 spiro atoms. The van der Waals surface area contributed by atoms with Crippen LogP contribution in [0, 0.1) is 11.8 Å². The van der Waals surface area contributed by atoms with E-state index in [1.165, 1.54) is 11.1 Å².